The van der Waals surface area contributed by atoms with E-state index in [1.54, 1.807) is 0 Å². The van der Waals surface area contributed by atoms with Crippen molar-refractivity contribution in [3.8, 4) is 0 Å². The third kappa shape index (κ3) is 1260. The van der Waals surface area contributed by atoms with E-state index in [-0.39, 0.29) is 48.4 Å². The SMILES string of the molecule is CC(=O)[O-].O=C[O-].[Li+].[Na+]. The van der Waals surface area contributed by atoms with Gasteiger partial charge in [-0.25, -0.2) is 0 Å². The number of hydrogen-bond acceptors (Lipinski definition) is 4. The topological polar surface area (TPSA) is 80.3 Å². The number of carbonyl (C=O) groups excluding carboxylic acids is 2. The van der Waals surface area contributed by atoms with Gasteiger partial charge in [0, 0.05) is 12.4 Å². The van der Waals surface area contributed by atoms with Crippen LogP contribution < -0.4 is 58.6 Å². The van der Waals surface area contributed by atoms with Crippen LogP contribution in [0.3, 0.4) is 0 Å². The molecule has 0 amide bonds. The molecule has 0 spiro atoms. The first-order valence-electron chi connectivity index (χ1n) is 1.38. The summed E-state index contributed by atoms with van der Waals surface area (Å²) in [4.78, 5) is 17.1. The zero-order valence-electron chi connectivity index (χ0n) is 5.71. The Bertz CT molecular complexity index is 62.8. The van der Waals surface area contributed by atoms with Crippen LogP contribution in [0.4, 0.5) is 0 Å². The third-order valence-electron chi connectivity index (χ3n) is 0. The predicted octanol–water partition coefficient (Wildman–Crippen LogP) is -8.87. The van der Waals surface area contributed by atoms with E-state index in [1.807, 2.05) is 0 Å². The van der Waals surface area contributed by atoms with Crippen molar-refractivity contribution in [2.75, 3.05) is 0 Å². The average Bonchev–Trinajstić information content (AvgIpc) is 1.33. The molecule has 0 aliphatic carbocycles. The standard InChI is InChI=1S/C2H4O2.CH2O2.Li.Na/c1-2(3)4;2-1-3;;/h1H3,(H,3,4);1H,(H,2,3);;/q;;2*+1/p-2. The minimum absolute atomic E-state index is 0. The smallest absolute Gasteiger partial charge is 0.554 e. The number of rotatable bonds is 0. The molecule has 6 heteroatoms. The predicted molar refractivity (Wildman–Crippen MR) is 16.7 cm³/mol. The second-order valence-corrected chi connectivity index (χ2v) is 0.588. The summed E-state index contributed by atoms with van der Waals surface area (Å²) < 4.78 is 0. The summed E-state index contributed by atoms with van der Waals surface area (Å²) in [6, 6.07) is 0. The zero-order chi connectivity index (χ0) is 6.28. The molecule has 4 nitrogen and oxygen atoms in total. The van der Waals surface area contributed by atoms with Crippen molar-refractivity contribution < 1.29 is 68.2 Å². The van der Waals surface area contributed by atoms with Crippen LogP contribution >= 0.6 is 0 Å². The van der Waals surface area contributed by atoms with E-state index >= 15 is 0 Å². The molecule has 0 atom stereocenters. The fourth-order valence-electron chi connectivity index (χ4n) is 0. The number of carbonyl (C=O) groups is 2. The van der Waals surface area contributed by atoms with Crippen molar-refractivity contribution in [3.05, 3.63) is 0 Å². The summed E-state index contributed by atoms with van der Waals surface area (Å²) in [6.07, 6.45) is 0. The molecule has 0 N–H and O–H groups in total. The zero-order valence-corrected chi connectivity index (χ0v) is 7.71. The van der Waals surface area contributed by atoms with E-state index in [1.165, 1.54) is 0 Å². The summed E-state index contributed by atoms with van der Waals surface area (Å²) >= 11 is 0. The second-order valence-electron chi connectivity index (χ2n) is 0.588. The molecule has 0 aromatic heterocycles. The quantitative estimate of drug-likeness (QED) is 0.243. The molecular formula is C3H4LiNaO4. The summed E-state index contributed by atoms with van der Waals surface area (Å²) in [7, 11) is 0. The van der Waals surface area contributed by atoms with Gasteiger partial charge in [-0.2, -0.15) is 0 Å². The Kier molecular flexibility index (Phi) is 59.3. The Balaban J connectivity index is -0.0000000233. The normalized spacial score (nSPS) is 4.11. The fourth-order valence-corrected chi connectivity index (χ4v) is 0. The van der Waals surface area contributed by atoms with Crippen molar-refractivity contribution in [1.82, 2.24) is 0 Å². The molecular weight excluding hydrogens is 130 g/mol. The molecule has 0 aromatic rings. The molecule has 0 aliphatic rings. The Morgan fingerprint density at radius 2 is 1.56 bits per heavy atom. The minimum Gasteiger partial charge on any atom is -0.554 e. The van der Waals surface area contributed by atoms with E-state index in [9.17, 15) is 0 Å². The maximum absolute atomic E-state index is 8.89. The molecule has 0 saturated heterocycles. The van der Waals surface area contributed by atoms with Crippen LogP contribution in [0.2, 0.25) is 0 Å². The number of hydrogen-bond donors (Lipinski definition) is 0. The molecule has 0 saturated carbocycles. The molecule has 0 heterocycles. The van der Waals surface area contributed by atoms with Gasteiger partial charge in [0.05, 0.1) is 0 Å². The molecule has 0 aliphatic heterocycles. The van der Waals surface area contributed by atoms with Crippen molar-refractivity contribution in [2.45, 2.75) is 6.92 Å². The van der Waals surface area contributed by atoms with E-state index in [0.29, 0.717) is 0 Å². The summed E-state index contributed by atoms with van der Waals surface area (Å²) in [5.74, 6) is -1.08. The Morgan fingerprint density at radius 1 is 1.56 bits per heavy atom. The first kappa shape index (κ1) is 22.7. The van der Waals surface area contributed by atoms with Crippen molar-refractivity contribution in [3.63, 3.8) is 0 Å². The van der Waals surface area contributed by atoms with Crippen molar-refractivity contribution >= 4 is 12.4 Å². The minimum atomic E-state index is -1.08. The van der Waals surface area contributed by atoms with Gasteiger partial charge >= 0.3 is 48.4 Å². The van der Waals surface area contributed by atoms with Gasteiger partial charge in [-0.15, -0.1) is 0 Å². The van der Waals surface area contributed by atoms with E-state index in [2.05, 4.69) is 0 Å². The summed E-state index contributed by atoms with van der Waals surface area (Å²) in [5, 5.41) is 17.1. The number of carboxylic acids is 1. The molecule has 0 unspecified atom stereocenters. The Labute approximate surface area is 87.1 Å². The molecule has 9 heavy (non-hydrogen) atoms. The average molecular weight is 134 g/mol. The van der Waals surface area contributed by atoms with E-state index in [4.69, 9.17) is 19.8 Å². The number of carboxylic acid groups (broad SMARTS) is 2. The van der Waals surface area contributed by atoms with Crippen molar-refractivity contribution in [2.24, 2.45) is 0 Å². The van der Waals surface area contributed by atoms with Crippen molar-refractivity contribution in [1.29, 1.82) is 0 Å². The van der Waals surface area contributed by atoms with Gasteiger partial charge in [-0.05, 0) is 6.92 Å². The van der Waals surface area contributed by atoms with Gasteiger partial charge in [0.2, 0.25) is 0 Å². The molecule has 0 rings (SSSR count). The van der Waals surface area contributed by atoms with Gasteiger partial charge in [0.15, 0.2) is 0 Å². The molecule has 42 valence electrons. The van der Waals surface area contributed by atoms with Crippen LogP contribution in [-0.2, 0) is 9.59 Å². The second kappa shape index (κ2) is 23.6. The van der Waals surface area contributed by atoms with Gasteiger partial charge < -0.3 is 19.8 Å². The van der Waals surface area contributed by atoms with Crippen LogP contribution in [0.5, 0.6) is 0 Å². The maximum atomic E-state index is 8.89. The largest absolute Gasteiger partial charge is 1.00 e. The molecule has 0 aromatic carbocycles. The summed E-state index contributed by atoms with van der Waals surface area (Å²) in [5.41, 5.74) is 0. The van der Waals surface area contributed by atoms with Gasteiger partial charge in [0.25, 0.3) is 0 Å². The van der Waals surface area contributed by atoms with Crippen LogP contribution in [0.15, 0.2) is 0 Å². The number of aliphatic carboxylic acids is 1. The monoisotopic (exact) mass is 134 g/mol. The van der Waals surface area contributed by atoms with Gasteiger partial charge in [-0.3, -0.25) is 0 Å². The van der Waals surface area contributed by atoms with Gasteiger partial charge in [-0.1, -0.05) is 0 Å². The molecule has 0 radical (unpaired) electrons. The van der Waals surface area contributed by atoms with Crippen LogP contribution in [0.25, 0.3) is 0 Å². The van der Waals surface area contributed by atoms with Crippen LogP contribution in [-0.4, -0.2) is 12.4 Å². The van der Waals surface area contributed by atoms with Gasteiger partial charge in [0.1, 0.15) is 0 Å². The molecule has 0 bridgehead atoms. The Morgan fingerprint density at radius 3 is 1.56 bits per heavy atom. The first-order chi connectivity index (χ1) is 3.15. The Hall–Kier alpha value is 0.537. The van der Waals surface area contributed by atoms with Crippen LogP contribution in [0, 0.1) is 0 Å². The molecule has 0 fully saturated rings. The van der Waals surface area contributed by atoms with E-state index < -0.39 is 12.4 Å². The van der Waals surface area contributed by atoms with E-state index in [0.717, 1.165) is 6.92 Å². The fraction of sp³-hybridized carbons (Fsp3) is 0.333. The first-order valence-corrected chi connectivity index (χ1v) is 1.38. The summed E-state index contributed by atoms with van der Waals surface area (Å²) in [6.45, 7) is 0.472. The maximum Gasteiger partial charge on any atom is 1.00 e. The van der Waals surface area contributed by atoms with Crippen LogP contribution in [0.1, 0.15) is 6.92 Å². The third-order valence-corrected chi connectivity index (χ3v) is 0.